The molecule has 0 saturated heterocycles. The van der Waals surface area contributed by atoms with E-state index in [1.807, 2.05) is 31.2 Å². The summed E-state index contributed by atoms with van der Waals surface area (Å²) in [5.74, 6) is 0. The molecule has 0 atom stereocenters. The second kappa shape index (κ2) is 10.0. The lowest BCUT2D eigenvalue weighted by molar-refractivity contribution is 0.115. The van der Waals surface area contributed by atoms with Crippen molar-refractivity contribution >= 4 is 5.71 Å². The Hall–Kier alpha value is -2.47. The van der Waals surface area contributed by atoms with E-state index in [4.69, 9.17) is 10.6 Å². The van der Waals surface area contributed by atoms with Gasteiger partial charge in [-0.1, -0.05) is 60.3 Å². The molecule has 4 N–H and O–H groups in total. The largest absolute Gasteiger partial charge is 0.394 e. The maximum Gasteiger partial charge on any atom is 0.135 e. The Kier molecular flexibility index (Phi) is 7.73. The van der Waals surface area contributed by atoms with Gasteiger partial charge in [0.2, 0.25) is 0 Å². The minimum Gasteiger partial charge on any atom is -0.394 e. The van der Waals surface area contributed by atoms with E-state index in [9.17, 15) is 10.2 Å². The van der Waals surface area contributed by atoms with Crippen LogP contribution >= 0.6 is 0 Å². The first-order valence-corrected chi connectivity index (χ1v) is 8.99. The summed E-state index contributed by atoms with van der Waals surface area (Å²) in [5, 5.41) is 22.7. The van der Waals surface area contributed by atoms with Gasteiger partial charge in [0.15, 0.2) is 0 Å². The molecule has 2 rings (SSSR count). The maximum absolute atomic E-state index is 9.29. The topological polar surface area (TPSA) is 88.1 Å². The average molecular weight is 368 g/mol. The van der Waals surface area contributed by atoms with Gasteiger partial charge in [0.1, 0.15) is 6.61 Å². The van der Waals surface area contributed by atoms with Crippen molar-refractivity contribution in [2.45, 2.75) is 25.3 Å². The molecule has 0 heterocycles. The zero-order valence-electron chi connectivity index (χ0n) is 15.8. The highest BCUT2D eigenvalue weighted by Crippen LogP contribution is 2.22. The van der Waals surface area contributed by atoms with Gasteiger partial charge in [0.05, 0.1) is 24.5 Å². The number of nitrogens with two attached hydrogens (primary N) is 1. The van der Waals surface area contributed by atoms with Crippen LogP contribution in [0.2, 0.25) is 0 Å². The molecule has 0 amide bonds. The number of rotatable bonds is 10. The average Bonchev–Trinajstić information content (AvgIpc) is 2.72. The number of aliphatic hydroxyl groups is 2. The van der Waals surface area contributed by atoms with Crippen LogP contribution < -0.4 is 5.73 Å². The summed E-state index contributed by atoms with van der Waals surface area (Å²) in [5.41, 5.74) is 10.1. The van der Waals surface area contributed by atoms with Crippen LogP contribution in [0.4, 0.5) is 0 Å². The van der Waals surface area contributed by atoms with Crippen LogP contribution in [-0.4, -0.2) is 41.3 Å². The molecule has 0 aliphatic carbocycles. The molecule has 0 radical (unpaired) electrons. The van der Waals surface area contributed by atoms with Gasteiger partial charge in [-0.2, -0.15) is 0 Å². The maximum atomic E-state index is 9.29. The molecular formula is C22H28N2O3. The normalized spacial score (nSPS) is 12.1. The van der Waals surface area contributed by atoms with Gasteiger partial charge in [-0.05, 0) is 48.1 Å². The number of aryl methyl sites for hydroxylation is 1. The minimum absolute atomic E-state index is 0.230. The highest BCUT2D eigenvalue weighted by atomic mass is 16.6. The van der Waals surface area contributed by atoms with E-state index < -0.39 is 5.54 Å². The molecule has 144 valence electrons. The lowest BCUT2D eigenvalue weighted by atomic mass is 9.93. The number of benzene rings is 2. The first-order valence-electron chi connectivity index (χ1n) is 8.99. The Labute approximate surface area is 160 Å². The quantitative estimate of drug-likeness (QED) is 0.260. The molecule has 0 saturated carbocycles. The summed E-state index contributed by atoms with van der Waals surface area (Å²) in [6, 6.07) is 16.3. The fourth-order valence-electron chi connectivity index (χ4n) is 2.63. The van der Waals surface area contributed by atoms with Gasteiger partial charge in [-0.3, -0.25) is 0 Å². The van der Waals surface area contributed by atoms with Crippen LogP contribution in [0.1, 0.15) is 24.5 Å². The van der Waals surface area contributed by atoms with E-state index in [0.29, 0.717) is 19.4 Å². The Bertz CT molecular complexity index is 765. The molecule has 0 unspecified atom stereocenters. The number of hydrogen-bond acceptors (Lipinski definition) is 5. The molecule has 0 bridgehead atoms. The molecule has 0 spiro atoms. The van der Waals surface area contributed by atoms with Crippen molar-refractivity contribution < 1.29 is 15.1 Å². The van der Waals surface area contributed by atoms with Gasteiger partial charge >= 0.3 is 0 Å². The van der Waals surface area contributed by atoms with Crippen molar-refractivity contribution in [3.63, 3.8) is 0 Å². The van der Waals surface area contributed by atoms with E-state index in [1.54, 1.807) is 6.08 Å². The third-order valence-corrected chi connectivity index (χ3v) is 4.50. The predicted molar refractivity (Wildman–Crippen MR) is 110 cm³/mol. The molecule has 2 aromatic rings. The lowest BCUT2D eigenvalue weighted by Crippen LogP contribution is -2.47. The Morgan fingerprint density at radius 1 is 1.15 bits per heavy atom. The van der Waals surface area contributed by atoms with Gasteiger partial charge in [0.25, 0.3) is 0 Å². The van der Waals surface area contributed by atoms with E-state index in [0.717, 1.165) is 28.0 Å². The summed E-state index contributed by atoms with van der Waals surface area (Å²) in [6.45, 7) is 5.43. The molecule has 27 heavy (non-hydrogen) atoms. The second-order valence-electron chi connectivity index (χ2n) is 6.72. The highest BCUT2D eigenvalue weighted by Gasteiger charge is 2.22. The fourth-order valence-corrected chi connectivity index (χ4v) is 2.63. The number of nitrogens with zero attached hydrogens (tertiary/aromatic N) is 1. The standard InChI is InChI=1S/C22H28N2O3/c1-3-13-27-24-17(2)20-5-4-6-21(14-20)19-9-7-18(8-10-19)11-12-22(23,15-25)16-26/h3-10,14,25-26H,1,11-13,15-16,23H2,2H3/b24-17+. The van der Waals surface area contributed by atoms with Gasteiger partial charge in [-0.15, -0.1) is 0 Å². The van der Waals surface area contributed by atoms with Gasteiger partial charge in [0, 0.05) is 0 Å². The van der Waals surface area contributed by atoms with Crippen molar-refractivity contribution in [1.82, 2.24) is 0 Å². The fraction of sp³-hybridized carbons (Fsp3) is 0.318. The van der Waals surface area contributed by atoms with E-state index in [1.165, 1.54) is 0 Å². The molecule has 0 fully saturated rings. The zero-order chi connectivity index (χ0) is 19.7. The second-order valence-corrected chi connectivity index (χ2v) is 6.72. The summed E-state index contributed by atoms with van der Waals surface area (Å²) < 4.78 is 0. The van der Waals surface area contributed by atoms with Crippen LogP contribution in [0, 0.1) is 0 Å². The van der Waals surface area contributed by atoms with Crippen molar-refractivity contribution in [3.8, 4) is 11.1 Å². The van der Waals surface area contributed by atoms with Crippen LogP contribution in [0.25, 0.3) is 11.1 Å². The minimum atomic E-state index is -0.933. The van der Waals surface area contributed by atoms with Crippen LogP contribution in [0.3, 0.4) is 0 Å². The van der Waals surface area contributed by atoms with Crippen molar-refractivity contribution in [3.05, 3.63) is 72.3 Å². The molecule has 5 heteroatoms. The smallest absolute Gasteiger partial charge is 0.135 e. The molecule has 0 aromatic heterocycles. The van der Waals surface area contributed by atoms with E-state index in [2.05, 4.69) is 36.0 Å². The summed E-state index contributed by atoms with van der Waals surface area (Å²) in [4.78, 5) is 5.16. The van der Waals surface area contributed by atoms with Crippen molar-refractivity contribution in [2.75, 3.05) is 19.8 Å². The lowest BCUT2D eigenvalue weighted by Gasteiger charge is -2.24. The SMILES string of the molecule is C=CCO/N=C(\C)c1cccc(-c2ccc(CCC(N)(CO)CO)cc2)c1. The number of aliphatic hydroxyl groups excluding tert-OH is 2. The molecule has 2 aromatic carbocycles. The number of hydrogen-bond donors (Lipinski definition) is 3. The zero-order valence-corrected chi connectivity index (χ0v) is 15.8. The predicted octanol–water partition coefficient (Wildman–Crippen LogP) is 2.89. The monoisotopic (exact) mass is 368 g/mol. The molecular weight excluding hydrogens is 340 g/mol. The molecule has 0 aliphatic rings. The Morgan fingerprint density at radius 3 is 2.48 bits per heavy atom. The van der Waals surface area contributed by atoms with Crippen LogP contribution in [0.15, 0.2) is 66.3 Å². The van der Waals surface area contributed by atoms with Gasteiger partial charge < -0.3 is 20.8 Å². The van der Waals surface area contributed by atoms with Crippen LogP contribution in [0.5, 0.6) is 0 Å². The van der Waals surface area contributed by atoms with Crippen molar-refractivity contribution in [2.24, 2.45) is 10.9 Å². The summed E-state index contributed by atoms with van der Waals surface area (Å²) >= 11 is 0. The number of oxime groups is 1. The van der Waals surface area contributed by atoms with E-state index in [-0.39, 0.29) is 13.2 Å². The summed E-state index contributed by atoms with van der Waals surface area (Å²) in [7, 11) is 0. The molecule has 5 nitrogen and oxygen atoms in total. The van der Waals surface area contributed by atoms with Gasteiger partial charge in [-0.25, -0.2) is 0 Å². The first-order chi connectivity index (χ1) is 13.0. The Morgan fingerprint density at radius 2 is 1.85 bits per heavy atom. The van der Waals surface area contributed by atoms with E-state index >= 15 is 0 Å². The van der Waals surface area contributed by atoms with Crippen LogP contribution in [-0.2, 0) is 11.3 Å². The highest BCUT2D eigenvalue weighted by molar-refractivity contribution is 5.99. The summed E-state index contributed by atoms with van der Waals surface area (Å²) in [6.07, 6.45) is 2.88. The Balaban J connectivity index is 2.09. The molecule has 0 aliphatic heterocycles. The first kappa shape index (κ1) is 20.8. The third-order valence-electron chi connectivity index (χ3n) is 4.50. The third kappa shape index (κ3) is 6.03. The van der Waals surface area contributed by atoms with Crippen molar-refractivity contribution in [1.29, 1.82) is 0 Å².